The molecule has 26 heavy (non-hydrogen) atoms. The van der Waals surface area contributed by atoms with Gasteiger partial charge in [-0.1, -0.05) is 18.2 Å². The minimum Gasteiger partial charge on any atom is -0.436 e. The maximum atomic E-state index is 13.0. The summed E-state index contributed by atoms with van der Waals surface area (Å²) in [4.78, 5) is 22.0. The van der Waals surface area contributed by atoms with Crippen LogP contribution in [0.25, 0.3) is 22.6 Å². The van der Waals surface area contributed by atoms with Gasteiger partial charge in [-0.2, -0.15) is 0 Å². The minimum atomic E-state index is 0.0931. The van der Waals surface area contributed by atoms with Crippen LogP contribution in [0, 0.1) is 0 Å². The summed E-state index contributed by atoms with van der Waals surface area (Å²) in [6.45, 7) is 2.55. The van der Waals surface area contributed by atoms with Crippen molar-refractivity contribution in [1.82, 2.24) is 14.8 Å². The molecule has 5 nitrogen and oxygen atoms in total. The van der Waals surface area contributed by atoms with Crippen LogP contribution in [0.1, 0.15) is 23.2 Å². The summed E-state index contributed by atoms with van der Waals surface area (Å²) in [6.07, 6.45) is 2.38. The SMILES string of the molecule is CN1CCN(C(=O)c2ccc3oc(-c4ccccc4)nc3c2)CC12CC2. The molecule has 5 heteroatoms. The van der Waals surface area contributed by atoms with Gasteiger partial charge < -0.3 is 9.32 Å². The largest absolute Gasteiger partial charge is 0.436 e. The van der Waals surface area contributed by atoms with Crippen LogP contribution in [0.15, 0.2) is 52.9 Å². The Morgan fingerprint density at radius 3 is 2.69 bits per heavy atom. The fourth-order valence-corrected chi connectivity index (χ4v) is 3.87. The van der Waals surface area contributed by atoms with Crippen molar-refractivity contribution in [2.24, 2.45) is 0 Å². The van der Waals surface area contributed by atoms with Crippen LogP contribution >= 0.6 is 0 Å². The van der Waals surface area contributed by atoms with E-state index in [1.165, 1.54) is 12.8 Å². The molecule has 1 aliphatic carbocycles. The number of amides is 1. The van der Waals surface area contributed by atoms with Crippen molar-refractivity contribution in [1.29, 1.82) is 0 Å². The van der Waals surface area contributed by atoms with Gasteiger partial charge in [-0.3, -0.25) is 9.69 Å². The Hall–Kier alpha value is -2.66. The molecule has 2 aliphatic rings. The monoisotopic (exact) mass is 347 g/mol. The predicted octanol–water partition coefficient (Wildman–Crippen LogP) is 3.42. The van der Waals surface area contributed by atoms with Crippen molar-refractivity contribution in [3.8, 4) is 11.5 Å². The van der Waals surface area contributed by atoms with Gasteiger partial charge in [-0.15, -0.1) is 0 Å². The molecule has 1 saturated heterocycles. The number of piperazine rings is 1. The second-order valence-corrected chi connectivity index (χ2v) is 7.44. The number of aromatic nitrogens is 1. The average Bonchev–Trinajstić information content (AvgIpc) is 3.32. The van der Waals surface area contributed by atoms with Gasteiger partial charge in [-0.25, -0.2) is 4.98 Å². The van der Waals surface area contributed by atoms with E-state index in [-0.39, 0.29) is 11.4 Å². The molecule has 2 aromatic carbocycles. The molecule has 2 fully saturated rings. The predicted molar refractivity (Wildman–Crippen MR) is 99.9 cm³/mol. The van der Waals surface area contributed by atoms with Crippen molar-refractivity contribution in [3.05, 3.63) is 54.1 Å². The summed E-state index contributed by atoms with van der Waals surface area (Å²) in [5.41, 5.74) is 3.28. The first kappa shape index (κ1) is 15.6. The fraction of sp³-hybridized carbons (Fsp3) is 0.333. The standard InChI is InChI=1S/C21H21N3O2/c1-23-11-12-24(14-21(23)9-10-21)20(25)16-7-8-18-17(13-16)22-19(26-18)15-5-3-2-4-6-15/h2-8,13H,9-12,14H2,1H3. The van der Waals surface area contributed by atoms with Crippen LogP contribution < -0.4 is 0 Å². The average molecular weight is 347 g/mol. The van der Waals surface area contributed by atoms with Gasteiger partial charge in [-0.05, 0) is 50.2 Å². The van der Waals surface area contributed by atoms with Crippen LogP contribution in [-0.2, 0) is 0 Å². The molecule has 1 saturated carbocycles. The van der Waals surface area contributed by atoms with Crippen molar-refractivity contribution in [3.63, 3.8) is 0 Å². The zero-order valence-electron chi connectivity index (χ0n) is 14.8. The van der Waals surface area contributed by atoms with Crippen molar-refractivity contribution in [2.75, 3.05) is 26.7 Å². The Labute approximate surface area is 152 Å². The lowest BCUT2D eigenvalue weighted by atomic mass is 10.1. The van der Waals surface area contributed by atoms with Gasteiger partial charge in [0.1, 0.15) is 5.52 Å². The zero-order valence-corrected chi connectivity index (χ0v) is 14.8. The number of oxazole rings is 1. The van der Waals surface area contributed by atoms with E-state index >= 15 is 0 Å². The topological polar surface area (TPSA) is 49.6 Å². The molecule has 1 aliphatic heterocycles. The van der Waals surface area contributed by atoms with Gasteiger partial charge in [0.05, 0.1) is 0 Å². The molecule has 1 spiro atoms. The van der Waals surface area contributed by atoms with E-state index in [1.54, 1.807) is 0 Å². The molecule has 1 amide bonds. The lowest BCUT2D eigenvalue weighted by Gasteiger charge is -2.40. The molecule has 0 bridgehead atoms. The quantitative estimate of drug-likeness (QED) is 0.713. The minimum absolute atomic E-state index is 0.0931. The molecular formula is C21H21N3O2. The van der Waals surface area contributed by atoms with Crippen LogP contribution in [-0.4, -0.2) is 52.9 Å². The molecule has 3 aromatic rings. The first-order valence-corrected chi connectivity index (χ1v) is 9.11. The third-order valence-corrected chi connectivity index (χ3v) is 5.77. The van der Waals surface area contributed by atoms with E-state index in [4.69, 9.17) is 4.42 Å². The van der Waals surface area contributed by atoms with E-state index in [9.17, 15) is 4.79 Å². The fourth-order valence-electron chi connectivity index (χ4n) is 3.87. The third kappa shape index (κ3) is 2.51. The lowest BCUT2D eigenvalue weighted by Crippen LogP contribution is -2.54. The van der Waals surface area contributed by atoms with Crippen molar-refractivity contribution < 1.29 is 9.21 Å². The Morgan fingerprint density at radius 1 is 1.12 bits per heavy atom. The molecule has 1 aromatic heterocycles. The summed E-state index contributed by atoms with van der Waals surface area (Å²) < 4.78 is 5.85. The highest BCUT2D eigenvalue weighted by atomic mass is 16.3. The number of benzene rings is 2. The van der Waals surface area contributed by atoms with Crippen LogP contribution in [0.4, 0.5) is 0 Å². The van der Waals surface area contributed by atoms with E-state index < -0.39 is 0 Å². The molecule has 0 N–H and O–H groups in total. The van der Waals surface area contributed by atoms with Crippen molar-refractivity contribution in [2.45, 2.75) is 18.4 Å². The Bertz CT molecular complexity index is 975. The first-order valence-electron chi connectivity index (χ1n) is 9.11. The van der Waals surface area contributed by atoms with Gasteiger partial charge in [0.2, 0.25) is 5.89 Å². The van der Waals surface area contributed by atoms with Crippen LogP contribution in [0.3, 0.4) is 0 Å². The number of carbonyl (C=O) groups is 1. The summed E-state index contributed by atoms with van der Waals surface area (Å²) in [5.74, 6) is 0.678. The van der Waals surface area contributed by atoms with Crippen molar-refractivity contribution >= 4 is 17.0 Å². The number of rotatable bonds is 2. The number of likely N-dealkylation sites (N-methyl/N-ethyl adjacent to an activating group) is 1. The van der Waals surface area contributed by atoms with Gasteiger partial charge in [0, 0.05) is 36.3 Å². The second kappa shape index (κ2) is 5.68. The highest BCUT2D eigenvalue weighted by Crippen LogP contribution is 2.43. The normalized spacial score (nSPS) is 19.2. The zero-order chi connectivity index (χ0) is 17.7. The van der Waals surface area contributed by atoms with E-state index in [0.717, 1.165) is 30.7 Å². The first-order chi connectivity index (χ1) is 12.6. The molecule has 0 unspecified atom stereocenters. The van der Waals surface area contributed by atoms with Gasteiger partial charge in [0.25, 0.3) is 5.91 Å². The number of fused-ring (bicyclic) bond motifs is 1. The number of hydrogen-bond acceptors (Lipinski definition) is 4. The lowest BCUT2D eigenvalue weighted by molar-refractivity contribution is 0.0497. The third-order valence-electron chi connectivity index (χ3n) is 5.77. The molecule has 0 atom stereocenters. The summed E-state index contributed by atoms with van der Waals surface area (Å²) in [7, 11) is 2.17. The summed E-state index contributed by atoms with van der Waals surface area (Å²) >= 11 is 0. The van der Waals surface area contributed by atoms with Crippen LogP contribution in [0.5, 0.6) is 0 Å². The highest BCUT2D eigenvalue weighted by Gasteiger charge is 2.50. The molecule has 5 rings (SSSR count). The van der Waals surface area contributed by atoms with Crippen LogP contribution in [0.2, 0.25) is 0 Å². The summed E-state index contributed by atoms with van der Waals surface area (Å²) in [5, 5.41) is 0. The van der Waals surface area contributed by atoms with E-state index in [0.29, 0.717) is 17.0 Å². The Morgan fingerprint density at radius 2 is 1.92 bits per heavy atom. The Kier molecular flexibility index (Phi) is 3.40. The smallest absolute Gasteiger partial charge is 0.254 e. The summed E-state index contributed by atoms with van der Waals surface area (Å²) in [6, 6.07) is 15.4. The molecule has 2 heterocycles. The number of nitrogens with zero attached hydrogens (tertiary/aromatic N) is 3. The Balaban J connectivity index is 1.43. The van der Waals surface area contributed by atoms with E-state index in [1.807, 2.05) is 53.4 Å². The van der Waals surface area contributed by atoms with Gasteiger partial charge in [0.15, 0.2) is 5.58 Å². The molecule has 0 radical (unpaired) electrons. The van der Waals surface area contributed by atoms with E-state index in [2.05, 4.69) is 16.9 Å². The number of hydrogen-bond donors (Lipinski definition) is 0. The second-order valence-electron chi connectivity index (χ2n) is 7.44. The molecule has 132 valence electrons. The number of carbonyl (C=O) groups excluding carboxylic acids is 1. The van der Waals surface area contributed by atoms with Gasteiger partial charge >= 0.3 is 0 Å². The molecular weight excluding hydrogens is 326 g/mol. The highest BCUT2D eigenvalue weighted by molar-refractivity contribution is 5.97. The maximum absolute atomic E-state index is 13.0. The maximum Gasteiger partial charge on any atom is 0.254 e.